The first kappa shape index (κ1) is 21.7. The lowest BCUT2D eigenvalue weighted by molar-refractivity contribution is -0.133. The van der Waals surface area contributed by atoms with E-state index in [1.807, 2.05) is 55.5 Å². The van der Waals surface area contributed by atoms with Crippen LogP contribution in [0.4, 0.5) is 0 Å². The molecule has 1 amide bonds. The van der Waals surface area contributed by atoms with Crippen LogP contribution in [0.1, 0.15) is 18.5 Å². The Hall–Kier alpha value is -3.57. The minimum absolute atomic E-state index is 0.0203. The van der Waals surface area contributed by atoms with Gasteiger partial charge in [-0.15, -0.1) is 0 Å². The zero-order chi connectivity index (χ0) is 22.7. The summed E-state index contributed by atoms with van der Waals surface area (Å²) in [5, 5.41) is 9.74. The van der Waals surface area contributed by atoms with E-state index < -0.39 is 0 Å². The van der Waals surface area contributed by atoms with Gasteiger partial charge in [0.1, 0.15) is 18.3 Å². The van der Waals surface area contributed by atoms with Crippen LogP contribution in [0.2, 0.25) is 0 Å². The first-order chi connectivity index (χ1) is 15.6. The molecule has 8 nitrogen and oxygen atoms in total. The number of hydrogen-bond donors (Lipinski definition) is 0. The third kappa shape index (κ3) is 3.99. The van der Waals surface area contributed by atoms with Crippen molar-refractivity contribution in [2.75, 3.05) is 33.3 Å². The van der Waals surface area contributed by atoms with Crippen LogP contribution in [0.3, 0.4) is 0 Å². The highest BCUT2D eigenvalue weighted by atomic mass is 16.5. The predicted molar refractivity (Wildman–Crippen MR) is 121 cm³/mol. The monoisotopic (exact) mass is 433 g/mol. The summed E-state index contributed by atoms with van der Waals surface area (Å²) in [6.07, 6.45) is 0. The molecule has 2 heterocycles. The number of benzene rings is 2. The number of aromatic nitrogens is 2. The third-order valence-corrected chi connectivity index (χ3v) is 6.12. The van der Waals surface area contributed by atoms with Crippen molar-refractivity contribution in [3.63, 3.8) is 0 Å². The Morgan fingerprint density at radius 2 is 1.66 bits per heavy atom. The Morgan fingerprint density at radius 3 is 2.22 bits per heavy atom. The van der Waals surface area contributed by atoms with Gasteiger partial charge >= 0.3 is 5.69 Å². The predicted octanol–water partition coefficient (Wildman–Crippen LogP) is 2.24. The Labute approximate surface area is 186 Å². The number of nitrogens with zero attached hydrogens (tertiary/aromatic N) is 5. The number of methoxy groups -OCH3 is 1. The summed E-state index contributed by atoms with van der Waals surface area (Å²) < 4.78 is 8.44. The molecule has 1 unspecified atom stereocenters. The van der Waals surface area contributed by atoms with Gasteiger partial charge in [0.2, 0.25) is 5.91 Å². The Kier molecular flexibility index (Phi) is 6.28. The molecule has 1 aliphatic rings. The van der Waals surface area contributed by atoms with Crippen molar-refractivity contribution in [1.82, 2.24) is 18.9 Å². The second-order valence-corrected chi connectivity index (χ2v) is 7.82. The van der Waals surface area contributed by atoms with Crippen molar-refractivity contribution in [1.29, 1.82) is 5.26 Å². The molecule has 0 N–H and O–H groups in total. The van der Waals surface area contributed by atoms with E-state index in [1.165, 1.54) is 0 Å². The van der Waals surface area contributed by atoms with Gasteiger partial charge in [-0.25, -0.2) is 4.79 Å². The number of hydrogen-bond acceptors (Lipinski definition) is 5. The zero-order valence-electron chi connectivity index (χ0n) is 18.4. The topological polar surface area (TPSA) is 83.5 Å². The summed E-state index contributed by atoms with van der Waals surface area (Å²) in [4.78, 5) is 29.7. The van der Waals surface area contributed by atoms with Crippen LogP contribution in [-0.4, -0.2) is 58.1 Å². The summed E-state index contributed by atoms with van der Waals surface area (Å²) in [7, 11) is 1.61. The van der Waals surface area contributed by atoms with E-state index in [-0.39, 0.29) is 24.2 Å². The van der Waals surface area contributed by atoms with E-state index >= 15 is 0 Å². The number of ether oxygens (including phenoxy) is 1. The molecular formula is C24H27N5O3. The summed E-state index contributed by atoms with van der Waals surface area (Å²) in [6.45, 7) is 4.74. The molecule has 0 saturated carbocycles. The summed E-state index contributed by atoms with van der Waals surface area (Å²) in [5.74, 6) is 0.671. The summed E-state index contributed by atoms with van der Waals surface area (Å²) >= 11 is 0. The molecule has 0 aliphatic carbocycles. The smallest absolute Gasteiger partial charge is 0.329 e. The fourth-order valence-electron chi connectivity index (χ4n) is 4.35. The van der Waals surface area contributed by atoms with E-state index in [4.69, 9.17) is 4.74 Å². The lowest BCUT2D eigenvalue weighted by atomic mass is 10.1. The van der Waals surface area contributed by atoms with Crippen LogP contribution in [-0.2, 0) is 17.9 Å². The zero-order valence-corrected chi connectivity index (χ0v) is 18.4. The highest BCUT2D eigenvalue weighted by molar-refractivity contribution is 5.81. The lowest BCUT2D eigenvalue weighted by Gasteiger charge is -2.37. The van der Waals surface area contributed by atoms with E-state index in [2.05, 4.69) is 11.0 Å². The Balaban J connectivity index is 1.44. The third-order valence-electron chi connectivity index (χ3n) is 6.12. The van der Waals surface area contributed by atoms with Crippen molar-refractivity contribution in [2.24, 2.45) is 0 Å². The second-order valence-electron chi connectivity index (χ2n) is 7.82. The number of rotatable bonds is 6. The van der Waals surface area contributed by atoms with Crippen LogP contribution >= 0.6 is 0 Å². The van der Waals surface area contributed by atoms with Gasteiger partial charge in [0.05, 0.1) is 24.2 Å². The first-order valence-electron chi connectivity index (χ1n) is 10.8. The summed E-state index contributed by atoms with van der Waals surface area (Å²) in [6, 6.07) is 17.1. The molecule has 3 aromatic rings. The average molecular weight is 434 g/mol. The van der Waals surface area contributed by atoms with Gasteiger partial charge in [-0.05, 0) is 36.8 Å². The van der Waals surface area contributed by atoms with Crippen molar-refractivity contribution < 1.29 is 9.53 Å². The van der Waals surface area contributed by atoms with Crippen molar-refractivity contribution >= 4 is 16.9 Å². The molecule has 0 bridgehead atoms. The van der Waals surface area contributed by atoms with E-state index in [1.54, 1.807) is 21.1 Å². The van der Waals surface area contributed by atoms with Crippen LogP contribution in [0, 0.1) is 11.3 Å². The largest absolute Gasteiger partial charge is 0.497 e. The highest BCUT2D eigenvalue weighted by Gasteiger charge is 2.28. The number of para-hydroxylation sites is 2. The van der Waals surface area contributed by atoms with Gasteiger partial charge in [0.15, 0.2) is 0 Å². The van der Waals surface area contributed by atoms with E-state index in [9.17, 15) is 14.9 Å². The number of imidazole rings is 1. The molecule has 1 aromatic heterocycles. The number of aryl methyl sites for hydroxylation is 1. The second kappa shape index (κ2) is 9.28. The molecule has 0 radical (unpaired) electrons. The van der Waals surface area contributed by atoms with Crippen LogP contribution < -0.4 is 10.4 Å². The summed E-state index contributed by atoms with van der Waals surface area (Å²) in [5.41, 5.74) is 2.36. The molecule has 2 aromatic carbocycles. The minimum atomic E-state index is -0.372. The lowest BCUT2D eigenvalue weighted by Crippen LogP contribution is -2.50. The van der Waals surface area contributed by atoms with E-state index in [0.717, 1.165) is 22.3 Å². The Morgan fingerprint density at radius 1 is 1.03 bits per heavy atom. The van der Waals surface area contributed by atoms with Crippen LogP contribution in [0.15, 0.2) is 53.3 Å². The van der Waals surface area contributed by atoms with Crippen molar-refractivity contribution in [2.45, 2.75) is 26.1 Å². The molecule has 1 saturated heterocycles. The molecular weight excluding hydrogens is 406 g/mol. The van der Waals surface area contributed by atoms with Crippen molar-refractivity contribution in [3.05, 3.63) is 64.6 Å². The minimum Gasteiger partial charge on any atom is -0.497 e. The van der Waals surface area contributed by atoms with Crippen LogP contribution in [0.5, 0.6) is 5.75 Å². The molecule has 1 aliphatic heterocycles. The number of piperazine rings is 1. The Bertz CT molecular complexity index is 1200. The fraction of sp³-hybridized carbons (Fsp3) is 0.375. The number of nitriles is 1. The maximum Gasteiger partial charge on any atom is 0.329 e. The van der Waals surface area contributed by atoms with Crippen LogP contribution in [0.25, 0.3) is 11.0 Å². The van der Waals surface area contributed by atoms with E-state index in [0.29, 0.717) is 32.7 Å². The maximum absolute atomic E-state index is 13.0. The highest BCUT2D eigenvalue weighted by Crippen LogP contribution is 2.24. The standard InChI is InChI=1S/C24H27N5O3/c1-3-28-20-6-4-5-7-21(20)29(24(28)31)17-23(30)27-14-12-26(13-15-27)22(16-25)18-8-10-19(32-2)11-9-18/h4-11,22H,3,12-15,17H2,1-2H3. The molecule has 166 valence electrons. The molecule has 4 rings (SSSR count). The molecule has 1 atom stereocenters. The fourth-order valence-corrected chi connectivity index (χ4v) is 4.35. The quantitative estimate of drug-likeness (QED) is 0.595. The van der Waals surface area contributed by atoms with Gasteiger partial charge in [-0.2, -0.15) is 5.26 Å². The SMILES string of the molecule is CCn1c(=O)n(CC(=O)N2CCN(C(C#N)c3ccc(OC)cc3)CC2)c2ccccc21. The molecule has 32 heavy (non-hydrogen) atoms. The molecule has 1 fully saturated rings. The normalized spacial score (nSPS) is 15.5. The average Bonchev–Trinajstić information content (AvgIpc) is 3.11. The number of amides is 1. The number of carbonyl (C=O) groups is 1. The molecule has 8 heteroatoms. The number of fused-ring (bicyclic) bond motifs is 1. The van der Waals surface area contributed by atoms with Crippen molar-refractivity contribution in [3.8, 4) is 11.8 Å². The maximum atomic E-state index is 13.0. The van der Waals surface area contributed by atoms with Gasteiger partial charge in [0.25, 0.3) is 0 Å². The van der Waals surface area contributed by atoms with Gasteiger partial charge in [-0.1, -0.05) is 24.3 Å². The van der Waals surface area contributed by atoms with Gasteiger partial charge in [-0.3, -0.25) is 18.8 Å². The molecule has 0 spiro atoms. The van der Waals surface area contributed by atoms with Gasteiger partial charge in [0, 0.05) is 32.7 Å². The number of carbonyl (C=O) groups excluding carboxylic acids is 1. The first-order valence-corrected chi connectivity index (χ1v) is 10.8. The van der Waals surface area contributed by atoms with Gasteiger partial charge < -0.3 is 9.64 Å².